The van der Waals surface area contributed by atoms with E-state index < -0.39 is 6.10 Å². The first kappa shape index (κ1) is 13.1. The molecule has 0 spiro atoms. The van der Waals surface area contributed by atoms with E-state index in [1.165, 1.54) is 0 Å². The highest BCUT2D eigenvalue weighted by molar-refractivity contribution is 5.75. The van der Waals surface area contributed by atoms with Crippen molar-refractivity contribution in [3.05, 3.63) is 30.1 Å². The average Bonchev–Trinajstić information content (AvgIpc) is 2.64. The Kier molecular flexibility index (Phi) is 3.99. The molecule has 1 heterocycles. The number of imidazole rings is 1. The van der Waals surface area contributed by atoms with E-state index in [9.17, 15) is 5.11 Å². The van der Waals surface area contributed by atoms with Gasteiger partial charge in [0.15, 0.2) is 0 Å². The summed E-state index contributed by atoms with van der Waals surface area (Å²) in [4.78, 5) is 4.47. The summed E-state index contributed by atoms with van der Waals surface area (Å²) in [7, 11) is 0. The minimum absolute atomic E-state index is 0.139. The van der Waals surface area contributed by atoms with Gasteiger partial charge in [-0.05, 0) is 32.9 Å². The van der Waals surface area contributed by atoms with Crippen molar-refractivity contribution in [1.82, 2.24) is 9.55 Å². The van der Waals surface area contributed by atoms with E-state index in [0.717, 1.165) is 16.9 Å². The molecular formula is C14H20N2O2. The van der Waals surface area contributed by atoms with Crippen molar-refractivity contribution in [3.63, 3.8) is 0 Å². The predicted molar refractivity (Wildman–Crippen MR) is 71.6 cm³/mol. The number of rotatable bonds is 5. The molecule has 0 amide bonds. The second-order valence-electron chi connectivity index (χ2n) is 4.79. The molecule has 1 unspecified atom stereocenters. The summed E-state index contributed by atoms with van der Waals surface area (Å²) in [6.45, 7) is 6.74. The van der Waals surface area contributed by atoms with E-state index in [2.05, 4.69) is 4.98 Å². The minimum Gasteiger partial charge on any atom is -0.389 e. The molecule has 2 rings (SSSR count). The first-order valence-electron chi connectivity index (χ1n) is 6.29. The van der Waals surface area contributed by atoms with Crippen LogP contribution in [0.2, 0.25) is 0 Å². The number of aliphatic hydroxyl groups excluding tert-OH is 1. The van der Waals surface area contributed by atoms with E-state index in [4.69, 9.17) is 4.74 Å². The molecule has 4 nitrogen and oxygen atoms in total. The van der Waals surface area contributed by atoms with Crippen molar-refractivity contribution in [2.75, 3.05) is 6.61 Å². The monoisotopic (exact) mass is 248 g/mol. The third kappa shape index (κ3) is 2.89. The first-order chi connectivity index (χ1) is 8.58. The van der Waals surface area contributed by atoms with Gasteiger partial charge < -0.3 is 14.4 Å². The molecule has 0 bridgehead atoms. The van der Waals surface area contributed by atoms with Gasteiger partial charge in [-0.1, -0.05) is 12.1 Å². The molecule has 0 radical (unpaired) electrons. The largest absolute Gasteiger partial charge is 0.389 e. The van der Waals surface area contributed by atoms with E-state index in [1.807, 2.05) is 49.6 Å². The van der Waals surface area contributed by atoms with Crippen LogP contribution in [0.3, 0.4) is 0 Å². The van der Waals surface area contributed by atoms with Crippen LogP contribution in [0.15, 0.2) is 24.3 Å². The Bertz CT molecular complexity index is 519. The van der Waals surface area contributed by atoms with Crippen LogP contribution in [0.5, 0.6) is 0 Å². The van der Waals surface area contributed by atoms with Crippen LogP contribution in [0.1, 0.15) is 19.7 Å². The molecule has 0 fully saturated rings. The maximum absolute atomic E-state index is 9.98. The molecule has 18 heavy (non-hydrogen) atoms. The van der Waals surface area contributed by atoms with Crippen molar-refractivity contribution < 1.29 is 9.84 Å². The number of para-hydroxylation sites is 2. The minimum atomic E-state index is -0.510. The number of nitrogens with zero attached hydrogens (tertiary/aromatic N) is 2. The van der Waals surface area contributed by atoms with Crippen LogP contribution < -0.4 is 0 Å². The number of aliphatic hydroxyl groups is 1. The standard InChI is InChI=1S/C14H20N2O2/c1-10(2)18-9-12(17)8-16-11(3)15-13-6-4-5-7-14(13)16/h4-7,10,12,17H,8-9H2,1-3H3. The van der Waals surface area contributed by atoms with E-state index in [0.29, 0.717) is 13.2 Å². The van der Waals surface area contributed by atoms with Crippen LogP contribution in [0.25, 0.3) is 11.0 Å². The fraction of sp³-hybridized carbons (Fsp3) is 0.500. The predicted octanol–water partition coefficient (Wildman–Crippen LogP) is 2.13. The maximum atomic E-state index is 9.98. The quantitative estimate of drug-likeness (QED) is 0.881. The summed E-state index contributed by atoms with van der Waals surface area (Å²) in [5.41, 5.74) is 2.02. The lowest BCUT2D eigenvalue weighted by molar-refractivity contribution is -0.000480. The Morgan fingerprint density at radius 1 is 1.33 bits per heavy atom. The SMILES string of the molecule is Cc1nc2ccccc2n1CC(O)COC(C)C. The van der Waals surface area contributed by atoms with Crippen LogP contribution >= 0.6 is 0 Å². The summed E-state index contributed by atoms with van der Waals surface area (Å²) < 4.78 is 7.45. The summed E-state index contributed by atoms with van der Waals surface area (Å²) in [5.74, 6) is 0.916. The highest BCUT2D eigenvalue weighted by atomic mass is 16.5. The molecule has 0 saturated carbocycles. The van der Waals surface area contributed by atoms with Gasteiger partial charge in [-0.15, -0.1) is 0 Å². The van der Waals surface area contributed by atoms with Crippen molar-refractivity contribution in [2.24, 2.45) is 0 Å². The Labute approximate surface area is 107 Å². The molecule has 0 aliphatic carbocycles. The Morgan fingerprint density at radius 2 is 2.06 bits per heavy atom. The summed E-state index contributed by atoms with van der Waals surface area (Å²) in [6.07, 6.45) is -0.371. The van der Waals surface area contributed by atoms with Crippen molar-refractivity contribution in [1.29, 1.82) is 0 Å². The van der Waals surface area contributed by atoms with E-state index in [-0.39, 0.29) is 6.10 Å². The summed E-state index contributed by atoms with van der Waals surface area (Å²) in [6, 6.07) is 7.95. The molecule has 1 N–H and O–H groups in total. The van der Waals surface area contributed by atoms with Gasteiger partial charge in [0.25, 0.3) is 0 Å². The van der Waals surface area contributed by atoms with E-state index in [1.54, 1.807) is 0 Å². The molecular weight excluding hydrogens is 228 g/mol. The fourth-order valence-electron chi connectivity index (χ4n) is 1.99. The Hall–Kier alpha value is -1.39. The number of aromatic nitrogens is 2. The molecule has 98 valence electrons. The van der Waals surface area contributed by atoms with Crippen LogP contribution in [0, 0.1) is 6.92 Å². The molecule has 1 aromatic heterocycles. The lowest BCUT2D eigenvalue weighted by Crippen LogP contribution is -2.24. The summed E-state index contributed by atoms with van der Waals surface area (Å²) in [5, 5.41) is 9.98. The number of hydrogen-bond acceptors (Lipinski definition) is 3. The van der Waals surface area contributed by atoms with Gasteiger partial charge in [-0.25, -0.2) is 4.98 Å². The molecule has 2 aromatic rings. The molecule has 4 heteroatoms. The number of fused-ring (bicyclic) bond motifs is 1. The Morgan fingerprint density at radius 3 is 2.78 bits per heavy atom. The zero-order valence-corrected chi connectivity index (χ0v) is 11.1. The van der Waals surface area contributed by atoms with Crippen LogP contribution in [0.4, 0.5) is 0 Å². The van der Waals surface area contributed by atoms with Gasteiger partial charge in [-0.2, -0.15) is 0 Å². The van der Waals surface area contributed by atoms with Gasteiger partial charge in [0.1, 0.15) is 5.82 Å². The number of benzene rings is 1. The highest BCUT2D eigenvalue weighted by Gasteiger charge is 2.12. The van der Waals surface area contributed by atoms with Gasteiger partial charge in [0.05, 0.1) is 36.4 Å². The molecule has 0 aliphatic heterocycles. The van der Waals surface area contributed by atoms with E-state index >= 15 is 0 Å². The number of ether oxygens (including phenoxy) is 1. The lowest BCUT2D eigenvalue weighted by Gasteiger charge is -2.15. The average molecular weight is 248 g/mol. The third-order valence-corrected chi connectivity index (χ3v) is 2.86. The second-order valence-corrected chi connectivity index (χ2v) is 4.79. The second kappa shape index (κ2) is 5.50. The zero-order chi connectivity index (χ0) is 13.1. The van der Waals surface area contributed by atoms with Crippen LogP contribution in [-0.4, -0.2) is 33.5 Å². The number of aryl methyl sites for hydroxylation is 1. The molecule has 1 atom stereocenters. The van der Waals surface area contributed by atoms with Gasteiger partial charge in [-0.3, -0.25) is 0 Å². The smallest absolute Gasteiger partial charge is 0.106 e. The van der Waals surface area contributed by atoms with Crippen LogP contribution in [-0.2, 0) is 11.3 Å². The number of hydrogen-bond donors (Lipinski definition) is 1. The van der Waals surface area contributed by atoms with Gasteiger partial charge >= 0.3 is 0 Å². The topological polar surface area (TPSA) is 47.3 Å². The Balaban J connectivity index is 2.13. The lowest BCUT2D eigenvalue weighted by atomic mass is 10.3. The van der Waals surface area contributed by atoms with Gasteiger partial charge in [0, 0.05) is 0 Å². The normalized spacial score (nSPS) is 13.4. The van der Waals surface area contributed by atoms with Crippen molar-refractivity contribution >= 4 is 11.0 Å². The molecule has 0 aliphatic rings. The first-order valence-corrected chi connectivity index (χ1v) is 6.29. The summed E-state index contributed by atoms with van der Waals surface area (Å²) >= 11 is 0. The fourth-order valence-corrected chi connectivity index (χ4v) is 1.99. The van der Waals surface area contributed by atoms with Gasteiger partial charge in [0.2, 0.25) is 0 Å². The highest BCUT2D eigenvalue weighted by Crippen LogP contribution is 2.15. The zero-order valence-electron chi connectivity index (χ0n) is 11.1. The third-order valence-electron chi connectivity index (χ3n) is 2.86. The molecule has 1 aromatic carbocycles. The van der Waals surface area contributed by atoms with Crippen molar-refractivity contribution in [3.8, 4) is 0 Å². The maximum Gasteiger partial charge on any atom is 0.106 e. The molecule has 0 saturated heterocycles. The van der Waals surface area contributed by atoms with Crippen molar-refractivity contribution in [2.45, 2.75) is 39.5 Å².